The molecule has 35 heavy (non-hydrogen) atoms. The zero-order chi connectivity index (χ0) is 24.6. The lowest BCUT2D eigenvalue weighted by atomic mass is 9.91. The second kappa shape index (κ2) is 12.1. The number of amides is 1. The Labute approximate surface area is 211 Å². The Morgan fingerprint density at radius 1 is 1.06 bits per heavy atom. The number of thioether (sulfide) groups is 1. The first-order valence-electron chi connectivity index (χ1n) is 12.2. The van der Waals surface area contributed by atoms with Gasteiger partial charge in [-0.05, 0) is 42.9 Å². The van der Waals surface area contributed by atoms with E-state index in [0.717, 1.165) is 28.2 Å². The first kappa shape index (κ1) is 25.1. The monoisotopic (exact) mass is 494 g/mol. The van der Waals surface area contributed by atoms with Gasteiger partial charge >= 0.3 is 0 Å². The van der Waals surface area contributed by atoms with Crippen molar-refractivity contribution in [2.24, 2.45) is 13.0 Å². The minimum atomic E-state index is -0.344. The zero-order valence-electron chi connectivity index (χ0n) is 20.7. The molecule has 1 aromatic heterocycles. The highest BCUT2D eigenvalue weighted by Crippen LogP contribution is 2.30. The Hall–Kier alpha value is -3.00. The number of hydrogen-bond acceptors (Lipinski definition) is 6. The summed E-state index contributed by atoms with van der Waals surface area (Å²) >= 11 is 1.77. The van der Waals surface area contributed by atoms with Crippen LogP contribution in [0.2, 0.25) is 0 Å². The molecule has 1 aliphatic carbocycles. The second-order valence-electron chi connectivity index (χ2n) is 9.03. The second-order valence-corrected chi connectivity index (χ2v) is 10.0. The third kappa shape index (κ3) is 6.57. The van der Waals surface area contributed by atoms with Crippen LogP contribution in [0.15, 0.2) is 53.7 Å². The van der Waals surface area contributed by atoms with Crippen molar-refractivity contribution in [1.82, 2.24) is 20.1 Å². The van der Waals surface area contributed by atoms with E-state index in [0.29, 0.717) is 23.5 Å². The van der Waals surface area contributed by atoms with Crippen molar-refractivity contribution in [3.63, 3.8) is 0 Å². The number of ether oxygens (including phenoxy) is 2. The summed E-state index contributed by atoms with van der Waals surface area (Å²) in [6, 6.07) is 14.9. The number of hydrogen-bond donors (Lipinski definition) is 1. The first-order valence-corrected chi connectivity index (χ1v) is 13.2. The molecule has 1 heterocycles. The topological polar surface area (TPSA) is 78.3 Å². The van der Waals surface area contributed by atoms with Gasteiger partial charge in [-0.25, -0.2) is 0 Å². The van der Waals surface area contributed by atoms with Crippen molar-refractivity contribution in [2.45, 2.75) is 49.7 Å². The lowest BCUT2D eigenvalue weighted by Gasteiger charge is -2.21. The van der Waals surface area contributed by atoms with Crippen molar-refractivity contribution < 1.29 is 14.3 Å². The molecular formula is C27H34N4O3S. The summed E-state index contributed by atoms with van der Waals surface area (Å²) < 4.78 is 12.7. The van der Waals surface area contributed by atoms with Crippen molar-refractivity contribution in [3.8, 4) is 11.5 Å². The molecule has 1 fully saturated rings. The average Bonchev–Trinajstić information content (AvgIpc) is 3.27. The van der Waals surface area contributed by atoms with Crippen LogP contribution in [0.3, 0.4) is 0 Å². The molecule has 0 spiro atoms. The predicted molar refractivity (Wildman–Crippen MR) is 138 cm³/mol. The predicted octanol–water partition coefficient (Wildman–Crippen LogP) is 5.22. The van der Waals surface area contributed by atoms with Gasteiger partial charge in [0.05, 0.1) is 20.3 Å². The van der Waals surface area contributed by atoms with Gasteiger partial charge in [0.2, 0.25) is 0 Å². The van der Waals surface area contributed by atoms with Crippen LogP contribution in [0, 0.1) is 5.92 Å². The molecule has 0 radical (unpaired) electrons. The minimum absolute atomic E-state index is 0.220. The maximum Gasteiger partial charge on any atom is 0.252 e. The van der Waals surface area contributed by atoms with E-state index in [1.807, 2.05) is 29.8 Å². The summed E-state index contributed by atoms with van der Waals surface area (Å²) in [6.45, 7) is 0. The maximum absolute atomic E-state index is 13.3. The number of methoxy groups -OCH3 is 2. The Balaban J connectivity index is 1.55. The van der Waals surface area contributed by atoms with Crippen LogP contribution < -0.4 is 14.8 Å². The van der Waals surface area contributed by atoms with Crippen molar-refractivity contribution >= 4 is 17.7 Å². The van der Waals surface area contributed by atoms with Crippen LogP contribution in [0.5, 0.6) is 11.5 Å². The van der Waals surface area contributed by atoms with E-state index in [4.69, 9.17) is 9.47 Å². The standard InChI is InChI=1S/C27H34N4O3S/c1-31-25(29-30-27(31)35-18-20-12-8-5-9-13-20)24(14-19-10-6-4-7-11-19)28-26(32)21-15-22(33-2)17-23(16-21)34-3/h4,6-7,10-11,15-17,20,24H,5,8-9,12-14,18H2,1-3H3,(H,28,32)/t24-/m1/s1. The van der Waals surface area contributed by atoms with Gasteiger partial charge in [0.1, 0.15) is 11.5 Å². The smallest absolute Gasteiger partial charge is 0.252 e. The Morgan fingerprint density at radius 2 is 1.74 bits per heavy atom. The van der Waals surface area contributed by atoms with E-state index < -0.39 is 0 Å². The quantitative estimate of drug-likeness (QED) is 0.390. The number of nitrogens with zero attached hydrogens (tertiary/aromatic N) is 3. The van der Waals surface area contributed by atoms with Crippen molar-refractivity contribution in [1.29, 1.82) is 0 Å². The molecular weight excluding hydrogens is 460 g/mol. The van der Waals surface area contributed by atoms with Crippen LogP contribution in [-0.4, -0.2) is 40.6 Å². The molecule has 4 rings (SSSR count). The van der Waals surface area contributed by atoms with Crippen LogP contribution in [-0.2, 0) is 13.5 Å². The van der Waals surface area contributed by atoms with E-state index in [2.05, 4.69) is 27.6 Å². The van der Waals surface area contributed by atoms with Gasteiger partial charge in [-0.3, -0.25) is 4.79 Å². The molecule has 1 amide bonds. The van der Waals surface area contributed by atoms with Gasteiger partial charge < -0.3 is 19.4 Å². The highest BCUT2D eigenvalue weighted by Gasteiger charge is 2.24. The third-order valence-electron chi connectivity index (χ3n) is 6.55. The average molecular weight is 495 g/mol. The van der Waals surface area contributed by atoms with E-state index in [-0.39, 0.29) is 11.9 Å². The third-order valence-corrected chi connectivity index (χ3v) is 7.81. The van der Waals surface area contributed by atoms with E-state index >= 15 is 0 Å². The lowest BCUT2D eigenvalue weighted by Crippen LogP contribution is -2.32. The number of carbonyl (C=O) groups is 1. The first-order chi connectivity index (χ1) is 17.1. The fourth-order valence-electron chi connectivity index (χ4n) is 4.54. The molecule has 0 unspecified atom stereocenters. The normalized spacial score (nSPS) is 14.9. The lowest BCUT2D eigenvalue weighted by molar-refractivity contribution is 0.0933. The molecule has 1 atom stereocenters. The molecule has 7 nitrogen and oxygen atoms in total. The molecule has 1 N–H and O–H groups in total. The molecule has 1 saturated carbocycles. The summed E-state index contributed by atoms with van der Waals surface area (Å²) in [5, 5.41) is 13.1. The molecule has 186 valence electrons. The van der Waals surface area contributed by atoms with E-state index in [1.54, 1.807) is 44.2 Å². The summed E-state index contributed by atoms with van der Waals surface area (Å²) in [6.07, 6.45) is 7.22. The Morgan fingerprint density at radius 3 is 2.40 bits per heavy atom. The minimum Gasteiger partial charge on any atom is -0.497 e. The highest BCUT2D eigenvalue weighted by atomic mass is 32.2. The number of carbonyl (C=O) groups excluding carboxylic acids is 1. The number of nitrogens with one attached hydrogen (secondary N) is 1. The SMILES string of the molecule is COc1cc(OC)cc(C(=O)N[C@H](Cc2ccccc2)c2nnc(SCC3CCCCC3)n2C)c1. The molecule has 3 aromatic rings. The van der Waals surface area contributed by atoms with Crippen LogP contribution in [0.4, 0.5) is 0 Å². The van der Waals surface area contributed by atoms with Crippen LogP contribution >= 0.6 is 11.8 Å². The van der Waals surface area contributed by atoms with Gasteiger partial charge in [0, 0.05) is 24.4 Å². The summed E-state index contributed by atoms with van der Waals surface area (Å²) in [5.41, 5.74) is 1.58. The van der Waals surface area contributed by atoms with Crippen LogP contribution in [0.1, 0.15) is 59.9 Å². The summed E-state index contributed by atoms with van der Waals surface area (Å²) in [5.74, 6) is 3.46. The van der Waals surface area contributed by atoms with Crippen molar-refractivity contribution in [3.05, 3.63) is 65.5 Å². The molecule has 0 aliphatic heterocycles. The molecule has 8 heteroatoms. The molecule has 1 aliphatic rings. The van der Waals surface area contributed by atoms with Crippen LogP contribution in [0.25, 0.3) is 0 Å². The molecule has 0 bridgehead atoms. The van der Waals surface area contributed by atoms with E-state index in [9.17, 15) is 4.79 Å². The van der Waals surface area contributed by atoms with Gasteiger partial charge in [-0.1, -0.05) is 61.4 Å². The number of benzene rings is 2. The van der Waals surface area contributed by atoms with Gasteiger partial charge in [0.25, 0.3) is 5.91 Å². The Kier molecular flexibility index (Phi) is 8.69. The molecule has 0 saturated heterocycles. The van der Waals surface area contributed by atoms with Crippen molar-refractivity contribution in [2.75, 3.05) is 20.0 Å². The highest BCUT2D eigenvalue weighted by molar-refractivity contribution is 7.99. The largest absolute Gasteiger partial charge is 0.497 e. The van der Waals surface area contributed by atoms with E-state index in [1.165, 1.54) is 32.1 Å². The van der Waals surface area contributed by atoms with Gasteiger partial charge in [0.15, 0.2) is 11.0 Å². The van der Waals surface area contributed by atoms with Gasteiger partial charge in [-0.15, -0.1) is 10.2 Å². The Bertz CT molecular complexity index is 1090. The van der Waals surface area contributed by atoms with Gasteiger partial charge in [-0.2, -0.15) is 0 Å². The fraction of sp³-hybridized carbons (Fsp3) is 0.444. The molecule has 2 aromatic carbocycles. The summed E-state index contributed by atoms with van der Waals surface area (Å²) in [7, 11) is 5.12. The number of rotatable bonds is 10. The fourth-order valence-corrected chi connectivity index (χ4v) is 5.64. The summed E-state index contributed by atoms with van der Waals surface area (Å²) in [4.78, 5) is 13.3. The number of aromatic nitrogens is 3. The zero-order valence-corrected chi connectivity index (χ0v) is 21.5. The maximum atomic E-state index is 13.3.